The van der Waals surface area contributed by atoms with Crippen molar-refractivity contribution in [1.29, 1.82) is 5.26 Å². The first-order chi connectivity index (χ1) is 13.3. The minimum atomic E-state index is -4.85. The van der Waals surface area contributed by atoms with Crippen LogP contribution >= 0.6 is 12.4 Å². The number of hydrogen-bond acceptors (Lipinski definition) is 5. The molecule has 1 aromatic heterocycles. The highest BCUT2D eigenvalue weighted by Gasteiger charge is 2.34. The Bertz CT molecular complexity index is 1100. The number of anilines is 2. The topological polar surface area (TPSA) is 67.2 Å². The lowest BCUT2D eigenvalue weighted by molar-refractivity contribution is -0.139. The van der Waals surface area contributed by atoms with Gasteiger partial charge in [-0.2, -0.15) is 18.4 Å². The van der Waals surface area contributed by atoms with Crippen molar-refractivity contribution in [2.45, 2.75) is 6.18 Å². The molecule has 3 rings (SSSR count). The smallest absolute Gasteiger partial charge is 0.419 e. The Balaban J connectivity index is 0.00000300. The molecule has 0 aliphatic carbocycles. The number of hydrogen-bond donors (Lipinski definition) is 1. The standard InChI is InChI=1S/C19H13F4N3O2.ClH/c1-27-16-6-12-15(7-17(16)28-2)25-9-10(8-24)18(12)26-11-3-4-14(20)13(5-11)19(21,22)23;/h3-7,9H,1-2H3,(H,25,26);1H. The summed E-state index contributed by atoms with van der Waals surface area (Å²) in [6.45, 7) is 0. The Labute approximate surface area is 169 Å². The molecule has 0 saturated heterocycles. The number of pyridine rings is 1. The van der Waals surface area contributed by atoms with Crippen LogP contribution < -0.4 is 14.8 Å². The Kier molecular flexibility index (Phi) is 6.39. The van der Waals surface area contributed by atoms with Crippen LogP contribution in [0.1, 0.15) is 11.1 Å². The van der Waals surface area contributed by atoms with E-state index in [9.17, 15) is 22.8 Å². The fourth-order valence-corrected chi connectivity index (χ4v) is 2.70. The average molecular weight is 428 g/mol. The zero-order valence-electron chi connectivity index (χ0n) is 15.1. The first-order valence-electron chi connectivity index (χ1n) is 7.87. The quantitative estimate of drug-likeness (QED) is 0.561. The third-order valence-electron chi connectivity index (χ3n) is 4.03. The molecular formula is C19H14ClF4N3O2. The maximum Gasteiger partial charge on any atom is 0.419 e. The van der Waals surface area contributed by atoms with Gasteiger partial charge in [0.15, 0.2) is 11.5 Å². The number of methoxy groups -OCH3 is 2. The Morgan fingerprint density at radius 3 is 2.31 bits per heavy atom. The number of nitriles is 1. The lowest BCUT2D eigenvalue weighted by atomic mass is 10.1. The molecule has 0 atom stereocenters. The van der Waals surface area contributed by atoms with Gasteiger partial charge in [-0.3, -0.25) is 4.98 Å². The molecule has 0 saturated carbocycles. The number of aromatic nitrogens is 1. The second-order valence-corrected chi connectivity index (χ2v) is 5.70. The molecule has 2 aromatic carbocycles. The van der Waals surface area contributed by atoms with E-state index in [2.05, 4.69) is 10.3 Å². The van der Waals surface area contributed by atoms with Gasteiger partial charge in [-0.25, -0.2) is 4.39 Å². The predicted molar refractivity (Wildman–Crippen MR) is 101 cm³/mol. The van der Waals surface area contributed by atoms with Crippen LogP contribution in [0.2, 0.25) is 0 Å². The molecule has 152 valence electrons. The zero-order valence-corrected chi connectivity index (χ0v) is 15.9. The number of alkyl halides is 3. The van der Waals surface area contributed by atoms with E-state index in [-0.39, 0.29) is 29.3 Å². The third kappa shape index (κ3) is 4.27. The summed E-state index contributed by atoms with van der Waals surface area (Å²) in [7, 11) is 2.87. The SMILES string of the molecule is COc1cc2ncc(C#N)c(Nc3ccc(F)c(C(F)(F)F)c3)c2cc1OC.Cl. The number of ether oxygens (including phenoxy) is 2. The number of fused-ring (bicyclic) bond motifs is 1. The van der Waals surface area contributed by atoms with E-state index in [1.807, 2.05) is 6.07 Å². The first-order valence-corrected chi connectivity index (χ1v) is 7.87. The molecule has 5 nitrogen and oxygen atoms in total. The van der Waals surface area contributed by atoms with Crippen molar-refractivity contribution in [2.75, 3.05) is 19.5 Å². The molecule has 0 amide bonds. The number of nitrogens with one attached hydrogen (secondary N) is 1. The summed E-state index contributed by atoms with van der Waals surface area (Å²) in [4.78, 5) is 4.17. The van der Waals surface area contributed by atoms with Gasteiger partial charge in [0.05, 0.1) is 36.6 Å². The van der Waals surface area contributed by atoms with Gasteiger partial charge in [0.25, 0.3) is 0 Å². The summed E-state index contributed by atoms with van der Waals surface area (Å²) in [5.74, 6) is -0.631. The lowest BCUT2D eigenvalue weighted by Gasteiger charge is -2.15. The number of benzene rings is 2. The van der Waals surface area contributed by atoms with Crippen molar-refractivity contribution in [3.8, 4) is 17.6 Å². The maximum absolute atomic E-state index is 13.5. The van der Waals surface area contributed by atoms with E-state index in [0.29, 0.717) is 34.5 Å². The van der Waals surface area contributed by atoms with E-state index >= 15 is 0 Å². The molecule has 1 heterocycles. The minimum Gasteiger partial charge on any atom is -0.493 e. The van der Waals surface area contributed by atoms with Crippen LogP contribution in [0.3, 0.4) is 0 Å². The third-order valence-corrected chi connectivity index (χ3v) is 4.03. The molecule has 0 spiro atoms. The van der Waals surface area contributed by atoms with Crippen LogP contribution in [-0.4, -0.2) is 19.2 Å². The lowest BCUT2D eigenvalue weighted by Crippen LogP contribution is -2.09. The van der Waals surface area contributed by atoms with Gasteiger partial charge in [0.2, 0.25) is 0 Å². The second-order valence-electron chi connectivity index (χ2n) is 5.70. The van der Waals surface area contributed by atoms with Crippen LogP contribution in [0.5, 0.6) is 11.5 Å². The summed E-state index contributed by atoms with van der Waals surface area (Å²) in [5.41, 5.74) is -0.704. The van der Waals surface area contributed by atoms with Crippen molar-refractivity contribution in [2.24, 2.45) is 0 Å². The second kappa shape index (κ2) is 8.41. The van der Waals surface area contributed by atoms with E-state index < -0.39 is 17.6 Å². The molecule has 1 N–H and O–H groups in total. The van der Waals surface area contributed by atoms with Gasteiger partial charge in [0, 0.05) is 23.3 Å². The fraction of sp³-hybridized carbons (Fsp3) is 0.158. The summed E-state index contributed by atoms with van der Waals surface area (Å²) in [6, 6.07) is 7.57. The highest BCUT2D eigenvalue weighted by Crippen LogP contribution is 2.38. The number of rotatable bonds is 4. The molecule has 0 unspecified atom stereocenters. The van der Waals surface area contributed by atoms with Crippen LogP contribution in [-0.2, 0) is 6.18 Å². The predicted octanol–water partition coefficient (Wildman–Crippen LogP) is 5.45. The van der Waals surface area contributed by atoms with Gasteiger partial charge in [-0.05, 0) is 24.3 Å². The summed E-state index contributed by atoms with van der Waals surface area (Å²) < 4.78 is 63.0. The highest BCUT2D eigenvalue weighted by atomic mass is 35.5. The van der Waals surface area contributed by atoms with E-state index in [1.165, 1.54) is 20.4 Å². The Morgan fingerprint density at radius 2 is 1.72 bits per heavy atom. The molecule has 0 fully saturated rings. The maximum atomic E-state index is 13.5. The molecule has 0 aliphatic heterocycles. The van der Waals surface area contributed by atoms with Crippen molar-refractivity contribution in [3.63, 3.8) is 0 Å². The first kappa shape index (κ1) is 22.0. The summed E-state index contributed by atoms with van der Waals surface area (Å²) in [5, 5.41) is 12.6. The van der Waals surface area contributed by atoms with E-state index in [4.69, 9.17) is 9.47 Å². The van der Waals surface area contributed by atoms with Crippen molar-refractivity contribution in [3.05, 3.63) is 53.5 Å². The van der Waals surface area contributed by atoms with Gasteiger partial charge in [-0.15, -0.1) is 12.4 Å². The molecule has 0 aliphatic rings. The Morgan fingerprint density at radius 1 is 1.07 bits per heavy atom. The van der Waals surface area contributed by atoms with E-state index in [0.717, 1.165) is 6.07 Å². The Hall–Kier alpha value is -3.25. The zero-order chi connectivity index (χ0) is 20.5. The van der Waals surface area contributed by atoms with Crippen molar-refractivity contribution < 1.29 is 27.0 Å². The molecule has 3 aromatic rings. The summed E-state index contributed by atoms with van der Waals surface area (Å²) >= 11 is 0. The summed E-state index contributed by atoms with van der Waals surface area (Å²) in [6.07, 6.45) is -3.57. The van der Waals surface area contributed by atoms with Gasteiger partial charge < -0.3 is 14.8 Å². The van der Waals surface area contributed by atoms with Crippen LogP contribution in [0, 0.1) is 17.1 Å². The van der Waals surface area contributed by atoms with Crippen molar-refractivity contribution in [1.82, 2.24) is 4.98 Å². The number of halogens is 5. The van der Waals surface area contributed by atoms with Gasteiger partial charge in [-0.1, -0.05) is 0 Å². The van der Waals surface area contributed by atoms with Crippen LogP contribution in [0.25, 0.3) is 10.9 Å². The number of nitrogens with zero attached hydrogens (tertiary/aromatic N) is 2. The highest BCUT2D eigenvalue weighted by molar-refractivity contribution is 5.97. The van der Waals surface area contributed by atoms with Crippen LogP contribution in [0.15, 0.2) is 36.5 Å². The largest absolute Gasteiger partial charge is 0.493 e. The molecule has 0 radical (unpaired) electrons. The van der Waals surface area contributed by atoms with Gasteiger partial charge >= 0.3 is 6.18 Å². The molecule has 0 bridgehead atoms. The monoisotopic (exact) mass is 427 g/mol. The molecule has 10 heteroatoms. The van der Waals surface area contributed by atoms with E-state index in [1.54, 1.807) is 12.1 Å². The van der Waals surface area contributed by atoms with Crippen molar-refractivity contribution >= 4 is 34.7 Å². The average Bonchev–Trinajstić information content (AvgIpc) is 2.67. The molecular weight excluding hydrogens is 414 g/mol. The van der Waals surface area contributed by atoms with Gasteiger partial charge in [0.1, 0.15) is 11.9 Å². The molecule has 29 heavy (non-hydrogen) atoms. The fourth-order valence-electron chi connectivity index (χ4n) is 2.70. The normalized spacial score (nSPS) is 10.8. The minimum absolute atomic E-state index is 0. The van der Waals surface area contributed by atoms with Crippen LogP contribution in [0.4, 0.5) is 28.9 Å².